The quantitative estimate of drug-likeness (QED) is 0.593. The molecule has 0 radical (unpaired) electrons. The van der Waals surface area contributed by atoms with Crippen molar-refractivity contribution in [3.8, 4) is 5.95 Å². The van der Waals surface area contributed by atoms with Crippen molar-refractivity contribution in [3.63, 3.8) is 0 Å². The molecule has 1 amide bonds. The number of benzene rings is 1. The molecule has 1 atom stereocenters. The van der Waals surface area contributed by atoms with Crippen LogP contribution in [-0.4, -0.2) is 51.0 Å². The number of hydrogen-bond donors (Lipinski definition) is 1. The van der Waals surface area contributed by atoms with Crippen LogP contribution < -0.4 is 5.32 Å². The predicted octanol–water partition coefficient (Wildman–Crippen LogP) is 3.78. The Hall–Kier alpha value is -3.11. The van der Waals surface area contributed by atoms with Crippen LogP contribution in [0.4, 0.5) is 5.82 Å². The highest BCUT2D eigenvalue weighted by atomic mass is 32.2. The molecule has 1 unspecified atom stereocenters. The molecule has 180 valence electrons. The standard InChI is InChI=1S/C24H30N6O3S/c1-17-8-5-6-15-29(17)34(32,33)19-11-9-18(10-12-19)22(31)27-21-16-20(24(2,3)4)28-30(21)23-25-13-7-14-26-23/h7,9-14,16-17H,5-6,8,15H2,1-4H3,(H,27,31). The number of anilines is 1. The lowest BCUT2D eigenvalue weighted by molar-refractivity contribution is 0.102. The Balaban J connectivity index is 1.58. The molecule has 4 rings (SSSR count). The van der Waals surface area contributed by atoms with Gasteiger partial charge in [0.1, 0.15) is 5.82 Å². The monoisotopic (exact) mass is 482 g/mol. The fourth-order valence-corrected chi connectivity index (χ4v) is 5.62. The second-order valence-electron chi connectivity index (χ2n) is 9.56. The number of amides is 1. The van der Waals surface area contributed by atoms with Crippen molar-refractivity contribution in [1.29, 1.82) is 0 Å². The van der Waals surface area contributed by atoms with Gasteiger partial charge >= 0.3 is 0 Å². The van der Waals surface area contributed by atoms with Crippen LogP contribution in [0.25, 0.3) is 5.95 Å². The number of aromatic nitrogens is 4. The first kappa shape index (κ1) is 24.0. The summed E-state index contributed by atoms with van der Waals surface area (Å²) < 4.78 is 29.2. The molecule has 0 aliphatic carbocycles. The van der Waals surface area contributed by atoms with Gasteiger partial charge in [0.05, 0.1) is 10.6 Å². The Kier molecular flexibility index (Phi) is 6.55. The molecular weight excluding hydrogens is 452 g/mol. The van der Waals surface area contributed by atoms with Gasteiger partial charge in [-0.3, -0.25) is 4.79 Å². The Labute approximate surface area is 200 Å². The van der Waals surface area contributed by atoms with E-state index in [2.05, 4.69) is 20.4 Å². The highest BCUT2D eigenvalue weighted by Crippen LogP contribution is 2.27. The molecule has 1 aliphatic rings. The van der Waals surface area contributed by atoms with Gasteiger partial charge in [-0.05, 0) is 50.1 Å². The largest absolute Gasteiger partial charge is 0.306 e. The fraction of sp³-hybridized carbons (Fsp3) is 0.417. The maximum Gasteiger partial charge on any atom is 0.256 e. The van der Waals surface area contributed by atoms with Crippen LogP contribution >= 0.6 is 0 Å². The first-order valence-corrected chi connectivity index (χ1v) is 12.8. The summed E-state index contributed by atoms with van der Waals surface area (Å²) in [6.07, 6.45) is 5.96. The van der Waals surface area contributed by atoms with Gasteiger partial charge in [0.25, 0.3) is 11.9 Å². The number of hydrogen-bond acceptors (Lipinski definition) is 6. The molecule has 1 aliphatic heterocycles. The average Bonchev–Trinajstić information content (AvgIpc) is 3.24. The molecular formula is C24H30N6O3S. The zero-order valence-corrected chi connectivity index (χ0v) is 20.7. The van der Waals surface area contributed by atoms with Crippen LogP contribution in [0.3, 0.4) is 0 Å². The maximum atomic E-state index is 13.1. The van der Waals surface area contributed by atoms with E-state index in [9.17, 15) is 13.2 Å². The van der Waals surface area contributed by atoms with E-state index in [0.717, 1.165) is 25.0 Å². The average molecular weight is 483 g/mol. The molecule has 34 heavy (non-hydrogen) atoms. The molecule has 3 aromatic rings. The molecule has 0 saturated carbocycles. The molecule has 9 nitrogen and oxygen atoms in total. The van der Waals surface area contributed by atoms with Crippen LogP contribution in [-0.2, 0) is 15.4 Å². The smallest absolute Gasteiger partial charge is 0.256 e. The van der Waals surface area contributed by atoms with Crippen molar-refractivity contribution in [2.24, 2.45) is 0 Å². The maximum absolute atomic E-state index is 13.1. The van der Waals surface area contributed by atoms with E-state index in [0.29, 0.717) is 23.9 Å². The second-order valence-corrected chi connectivity index (χ2v) is 11.5. The molecule has 1 N–H and O–H groups in total. The minimum absolute atomic E-state index is 0.0285. The minimum Gasteiger partial charge on any atom is -0.306 e. The molecule has 10 heteroatoms. The lowest BCUT2D eigenvalue weighted by atomic mass is 9.92. The van der Waals surface area contributed by atoms with E-state index in [4.69, 9.17) is 0 Å². The van der Waals surface area contributed by atoms with Gasteiger partial charge in [-0.25, -0.2) is 18.4 Å². The number of sulfonamides is 1. The number of carbonyl (C=O) groups excluding carboxylic acids is 1. The molecule has 0 spiro atoms. The van der Waals surface area contributed by atoms with Crippen molar-refractivity contribution in [1.82, 2.24) is 24.1 Å². The van der Waals surface area contributed by atoms with Crippen molar-refractivity contribution in [2.45, 2.75) is 63.3 Å². The van der Waals surface area contributed by atoms with Crippen LogP contribution in [0.1, 0.15) is 63.0 Å². The number of carbonyl (C=O) groups is 1. The molecule has 0 bridgehead atoms. The Bertz CT molecular complexity index is 1260. The minimum atomic E-state index is -3.60. The summed E-state index contributed by atoms with van der Waals surface area (Å²) in [5, 5.41) is 7.46. The van der Waals surface area contributed by atoms with E-state index < -0.39 is 10.0 Å². The van der Waals surface area contributed by atoms with Crippen LogP contribution in [0.5, 0.6) is 0 Å². The van der Waals surface area contributed by atoms with Crippen molar-refractivity contribution < 1.29 is 13.2 Å². The van der Waals surface area contributed by atoms with Gasteiger partial charge in [-0.15, -0.1) is 0 Å². The number of rotatable bonds is 5. The summed E-state index contributed by atoms with van der Waals surface area (Å²) in [5.74, 6) is 0.387. The Morgan fingerprint density at radius 2 is 1.76 bits per heavy atom. The summed E-state index contributed by atoms with van der Waals surface area (Å²) in [6.45, 7) is 8.54. The zero-order valence-electron chi connectivity index (χ0n) is 19.9. The lowest BCUT2D eigenvalue weighted by Crippen LogP contribution is -2.41. The van der Waals surface area contributed by atoms with Gasteiger partial charge in [-0.2, -0.15) is 14.1 Å². The highest BCUT2D eigenvalue weighted by Gasteiger charge is 2.31. The van der Waals surface area contributed by atoms with Gasteiger partial charge in [0.2, 0.25) is 10.0 Å². The van der Waals surface area contributed by atoms with Gasteiger partial charge in [0, 0.05) is 42.0 Å². The second kappa shape index (κ2) is 9.27. The van der Waals surface area contributed by atoms with Gasteiger partial charge in [-0.1, -0.05) is 27.2 Å². The Morgan fingerprint density at radius 3 is 2.38 bits per heavy atom. The predicted molar refractivity (Wildman–Crippen MR) is 129 cm³/mol. The van der Waals surface area contributed by atoms with Crippen LogP contribution in [0.2, 0.25) is 0 Å². The summed E-state index contributed by atoms with van der Waals surface area (Å²) >= 11 is 0. The van der Waals surface area contributed by atoms with Gasteiger partial charge in [0.15, 0.2) is 0 Å². The summed E-state index contributed by atoms with van der Waals surface area (Å²) in [5.41, 5.74) is 0.859. The van der Waals surface area contributed by atoms with E-state index in [-0.39, 0.29) is 22.3 Å². The topological polar surface area (TPSA) is 110 Å². The third-order valence-electron chi connectivity index (χ3n) is 5.93. The third kappa shape index (κ3) is 4.88. The molecule has 1 fully saturated rings. The first-order valence-electron chi connectivity index (χ1n) is 11.4. The van der Waals surface area contributed by atoms with E-state index in [1.54, 1.807) is 28.8 Å². The molecule has 3 heterocycles. The van der Waals surface area contributed by atoms with Crippen LogP contribution in [0, 0.1) is 0 Å². The Morgan fingerprint density at radius 1 is 1.09 bits per heavy atom. The summed E-state index contributed by atoms with van der Waals surface area (Å²) in [7, 11) is -3.60. The number of nitrogens with zero attached hydrogens (tertiary/aromatic N) is 5. The third-order valence-corrected chi connectivity index (χ3v) is 7.95. The van der Waals surface area contributed by atoms with Crippen molar-refractivity contribution in [2.75, 3.05) is 11.9 Å². The lowest BCUT2D eigenvalue weighted by Gasteiger charge is -2.32. The zero-order chi connectivity index (χ0) is 24.5. The number of piperidine rings is 1. The molecule has 1 saturated heterocycles. The summed E-state index contributed by atoms with van der Waals surface area (Å²) in [4.78, 5) is 21.7. The molecule has 1 aromatic carbocycles. The SMILES string of the molecule is CC1CCCCN1S(=O)(=O)c1ccc(C(=O)Nc2cc(C(C)(C)C)nn2-c2ncccn2)cc1. The number of nitrogens with one attached hydrogen (secondary N) is 1. The first-order chi connectivity index (χ1) is 16.1. The highest BCUT2D eigenvalue weighted by molar-refractivity contribution is 7.89. The van der Waals surface area contributed by atoms with E-state index in [1.165, 1.54) is 28.9 Å². The summed E-state index contributed by atoms with van der Waals surface area (Å²) in [6, 6.07) is 9.51. The van der Waals surface area contributed by atoms with E-state index >= 15 is 0 Å². The van der Waals surface area contributed by atoms with Crippen molar-refractivity contribution >= 4 is 21.7 Å². The van der Waals surface area contributed by atoms with Crippen molar-refractivity contribution in [3.05, 3.63) is 60.0 Å². The van der Waals surface area contributed by atoms with Gasteiger partial charge < -0.3 is 5.32 Å². The normalized spacial score (nSPS) is 17.5. The fourth-order valence-electron chi connectivity index (χ4n) is 3.92. The molecule has 2 aromatic heterocycles. The van der Waals surface area contributed by atoms with Crippen LogP contribution in [0.15, 0.2) is 53.7 Å². The van der Waals surface area contributed by atoms with E-state index in [1.807, 2.05) is 27.7 Å².